The monoisotopic (exact) mass is 824 g/mol. The molecule has 1 amide bonds. The number of para-hydroxylation sites is 1. The molecule has 1 unspecified atom stereocenters. The molecule has 3 aromatic heterocycles. The van der Waals surface area contributed by atoms with Gasteiger partial charge in [0, 0.05) is 48.7 Å². The van der Waals surface area contributed by atoms with Gasteiger partial charge in [0.05, 0.1) is 29.1 Å². The molecule has 57 heavy (non-hydrogen) atoms. The van der Waals surface area contributed by atoms with Crippen LogP contribution in [0.4, 0.5) is 40.9 Å². The molecule has 12 nitrogen and oxygen atoms in total. The number of rotatable bonds is 10. The molecule has 2 aromatic carbocycles. The van der Waals surface area contributed by atoms with Crippen LogP contribution >= 0.6 is 0 Å². The van der Waals surface area contributed by atoms with Crippen LogP contribution in [-0.4, -0.2) is 60.8 Å². The van der Waals surface area contributed by atoms with Crippen LogP contribution in [0.1, 0.15) is 73.2 Å². The topological polar surface area (TPSA) is 157 Å². The molecule has 1 aliphatic carbocycles. The molecule has 21 heteroatoms. The molecule has 302 valence electrons. The normalized spacial score (nSPS) is 15.5. The first-order chi connectivity index (χ1) is 26.4. The van der Waals surface area contributed by atoms with Crippen molar-refractivity contribution in [2.24, 2.45) is 7.05 Å². The van der Waals surface area contributed by atoms with E-state index in [1.807, 2.05) is 0 Å². The average molecular weight is 825 g/mol. The first-order valence-corrected chi connectivity index (χ1v) is 18.8. The zero-order chi connectivity index (χ0) is 41.8. The molecule has 0 aliphatic heterocycles. The number of hydrogen-bond acceptors (Lipinski definition) is 8. The summed E-state index contributed by atoms with van der Waals surface area (Å²) in [6, 6.07) is 5.61. The van der Waals surface area contributed by atoms with E-state index in [2.05, 4.69) is 42.0 Å². The van der Waals surface area contributed by atoms with Gasteiger partial charge in [0.1, 0.15) is 35.2 Å². The van der Waals surface area contributed by atoms with Crippen LogP contribution in [0, 0.1) is 23.5 Å². The standard InChI is InChI=1S/C36H32F8N8O4S/c1-34(2,54)9-8-25-45-16-23(21-6-5-7-22-30(21)51(3)49-33(22)50-57(4,55)56)28(47-25)24(14-18-12-19(37)15-20(38)13-18)46-26(53)17-52-31-27(29(48-52)32(39)40)35(41,42)10-11-36(31,43)44/h5-7,12-13,15-16,24,32,54H,10-11,14,17H2,1-4H3,(H,46,53)(H,49,50). The van der Waals surface area contributed by atoms with Gasteiger partial charge in [-0.1, -0.05) is 18.1 Å². The maximum Gasteiger partial charge on any atom is 0.290 e. The molecule has 5 aromatic rings. The Morgan fingerprint density at radius 3 is 2.32 bits per heavy atom. The van der Waals surface area contributed by atoms with E-state index in [1.54, 1.807) is 12.1 Å². The van der Waals surface area contributed by atoms with E-state index in [9.17, 15) is 44.7 Å². The molecule has 0 bridgehead atoms. The second kappa shape index (κ2) is 14.7. The molecule has 3 N–H and O–H groups in total. The van der Waals surface area contributed by atoms with Crippen LogP contribution in [0.25, 0.3) is 22.0 Å². The molecule has 1 atom stereocenters. The fourth-order valence-corrected chi connectivity index (χ4v) is 7.04. The summed E-state index contributed by atoms with van der Waals surface area (Å²) in [6.07, 6.45) is -4.86. The SMILES string of the molecule is Cn1nc(NS(C)(=O)=O)c2cccc(-c3cnc(C#CC(C)(C)O)nc3C(Cc3cc(F)cc(F)c3)NC(=O)Cn3nc(C(F)F)c4c3C(F)(F)CCC4(F)F)c21. The summed E-state index contributed by atoms with van der Waals surface area (Å²) in [5.41, 5.74) is -5.89. The van der Waals surface area contributed by atoms with Crippen molar-refractivity contribution in [2.45, 2.75) is 69.6 Å². The summed E-state index contributed by atoms with van der Waals surface area (Å²) in [5.74, 6) is -6.61. The summed E-state index contributed by atoms with van der Waals surface area (Å²) in [7, 11) is -2.32. The van der Waals surface area contributed by atoms with E-state index >= 15 is 8.78 Å². The molecule has 1 aliphatic rings. The van der Waals surface area contributed by atoms with Gasteiger partial charge in [-0.25, -0.2) is 44.7 Å². The lowest BCUT2D eigenvalue weighted by atomic mass is 9.89. The second-order valence-corrected chi connectivity index (χ2v) is 15.7. The van der Waals surface area contributed by atoms with Crippen molar-refractivity contribution in [3.05, 3.63) is 88.3 Å². The van der Waals surface area contributed by atoms with E-state index in [0.717, 1.165) is 18.4 Å². The molecule has 0 fully saturated rings. The Labute approximate surface area is 319 Å². The summed E-state index contributed by atoms with van der Waals surface area (Å²) in [6.45, 7) is 1.46. The van der Waals surface area contributed by atoms with Crippen molar-refractivity contribution in [3.63, 3.8) is 0 Å². The van der Waals surface area contributed by atoms with E-state index in [1.165, 1.54) is 37.8 Å². The maximum absolute atomic E-state index is 15.2. The van der Waals surface area contributed by atoms with Gasteiger partial charge in [-0.2, -0.15) is 19.0 Å². The van der Waals surface area contributed by atoms with Crippen molar-refractivity contribution in [3.8, 4) is 23.0 Å². The number of sulfonamides is 1. The summed E-state index contributed by atoms with van der Waals surface area (Å²) in [4.78, 5) is 22.6. The fourth-order valence-electron chi connectivity index (χ4n) is 6.54. The first kappa shape index (κ1) is 41.0. The minimum absolute atomic E-state index is 0.0554. The lowest BCUT2D eigenvalue weighted by Gasteiger charge is -2.29. The number of aromatic nitrogens is 6. The number of anilines is 1. The zero-order valence-corrected chi connectivity index (χ0v) is 31.1. The Balaban J connectivity index is 1.53. The highest BCUT2D eigenvalue weighted by Gasteiger charge is 2.55. The van der Waals surface area contributed by atoms with Gasteiger partial charge in [-0.15, -0.1) is 0 Å². The molecule has 0 saturated carbocycles. The van der Waals surface area contributed by atoms with E-state index in [4.69, 9.17) is 0 Å². The molecular formula is C36H32F8N8O4S. The molecule has 0 spiro atoms. The Kier molecular flexibility index (Phi) is 10.6. The summed E-state index contributed by atoms with van der Waals surface area (Å²) < 4.78 is 145. The van der Waals surface area contributed by atoms with Crippen LogP contribution in [0.15, 0.2) is 42.6 Å². The van der Waals surface area contributed by atoms with Crippen molar-refractivity contribution in [1.29, 1.82) is 0 Å². The molecule has 0 saturated heterocycles. The van der Waals surface area contributed by atoms with E-state index in [0.29, 0.717) is 17.0 Å². The summed E-state index contributed by atoms with van der Waals surface area (Å²) >= 11 is 0. The number of carbonyl (C=O) groups excluding carboxylic acids is 1. The minimum Gasteiger partial charge on any atom is -0.378 e. The van der Waals surface area contributed by atoms with Gasteiger partial charge < -0.3 is 10.4 Å². The predicted molar refractivity (Wildman–Crippen MR) is 189 cm³/mol. The Hall–Kier alpha value is -5.62. The smallest absolute Gasteiger partial charge is 0.290 e. The number of fused-ring (bicyclic) bond motifs is 2. The number of amides is 1. The number of halogens is 8. The van der Waals surface area contributed by atoms with Crippen molar-refractivity contribution >= 4 is 32.7 Å². The number of nitrogens with zero attached hydrogens (tertiary/aromatic N) is 6. The van der Waals surface area contributed by atoms with Crippen molar-refractivity contribution < 1.29 is 53.4 Å². The second-order valence-electron chi connectivity index (χ2n) is 13.9. The number of alkyl halides is 6. The lowest BCUT2D eigenvalue weighted by molar-refractivity contribution is -0.123. The van der Waals surface area contributed by atoms with Gasteiger partial charge in [0.2, 0.25) is 21.8 Å². The zero-order valence-electron chi connectivity index (χ0n) is 30.3. The van der Waals surface area contributed by atoms with Gasteiger partial charge in [0.15, 0.2) is 5.82 Å². The quantitative estimate of drug-likeness (QED) is 0.114. The number of carbonyl (C=O) groups is 1. The highest BCUT2D eigenvalue weighted by molar-refractivity contribution is 7.92. The number of nitrogens with one attached hydrogen (secondary N) is 2. The van der Waals surface area contributed by atoms with Gasteiger partial charge in [-0.3, -0.25) is 18.9 Å². The van der Waals surface area contributed by atoms with Crippen LogP contribution < -0.4 is 10.0 Å². The highest BCUT2D eigenvalue weighted by atomic mass is 32.2. The molecule has 3 heterocycles. The number of aliphatic hydroxyl groups is 1. The van der Waals surface area contributed by atoms with Crippen molar-refractivity contribution in [1.82, 2.24) is 34.8 Å². The highest BCUT2D eigenvalue weighted by Crippen LogP contribution is 2.52. The van der Waals surface area contributed by atoms with Crippen LogP contribution in [-0.2, 0) is 46.7 Å². The number of benzene rings is 2. The van der Waals surface area contributed by atoms with E-state index in [-0.39, 0.29) is 38.7 Å². The molecule has 6 rings (SSSR count). The maximum atomic E-state index is 15.2. The van der Waals surface area contributed by atoms with Crippen LogP contribution in [0.2, 0.25) is 0 Å². The van der Waals surface area contributed by atoms with E-state index < -0.39 is 100 Å². The van der Waals surface area contributed by atoms with Crippen molar-refractivity contribution in [2.75, 3.05) is 11.0 Å². The molecular weight excluding hydrogens is 792 g/mol. The van der Waals surface area contributed by atoms with Crippen LogP contribution in [0.3, 0.4) is 0 Å². The predicted octanol–water partition coefficient (Wildman–Crippen LogP) is 6.01. The Morgan fingerprint density at radius 2 is 1.68 bits per heavy atom. The Bertz CT molecular complexity index is 2560. The first-order valence-electron chi connectivity index (χ1n) is 16.9. The Morgan fingerprint density at radius 1 is 1.02 bits per heavy atom. The fraction of sp³-hybridized carbons (Fsp3) is 0.361. The third-order valence-electron chi connectivity index (χ3n) is 8.71. The van der Waals surface area contributed by atoms with Crippen LogP contribution in [0.5, 0.6) is 0 Å². The summed E-state index contributed by atoms with van der Waals surface area (Å²) in [5, 5.41) is 20.6. The number of aryl methyl sites for hydroxylation is 1. The third kappa shape index (κ3) is 8.86. The third-order valence-corrected chi connectivity index (χ3v) is 9.27. The average Bonchev–Trinajstić information content (AvgIpc) is 3.63. The van der Waals surface area contributed by atoms with Gasteiger partial charge in [0.25, 0.3) is 18.3 Å². The number of hydrogen-bond donors (Lipinski definition) is 3. The minimum atomic E-state index is -4.11. The van der Waals surface area contributed by atoms with Gasteiger partial charge in [-0.05, 0) is 50.0 Å². The van der Waals surface area contributed by atoms with Gasteiger partial charge >= 0.3 is 0 Å². The molecule has 0 radical (unpaired) electrons. The largest absolute Gasteiger partial charge is 0.378 e. The lowest BCUT2D eigenvalue weighted by Crippen LogP contribution is -2.37.